The van der Waals surface area contributed by atoms with E-state index in [4.69, 9.17) is 5.73 Å². The van der Waals surface area contributed by atoms with Gasteiger partial charge >= 0.3 is 0 Å². The van der Waals surface area contributed by atoms with Crippen LogP contribution in [0.3, 0.4) is 0 Å². The fourth-order valence-electron chi connectivity index (χ4n) is 2.27. The van der Waals surface area contributed by atoms with Crippen molar-refractivity contribution < 1.29 is 0 Å². The Balaban J connectivity index is 2.06. The van der Waals surface area contributed by atoms with Gasteiger partial charge in [-0.15, -0.1) is 0 Å². The predicted molar refractivity (Wildman–Crippen MR) is 84.5 cm³/mol. The lowest BCUT2D eigenvalue weighted by molar-refractivity contribution is 0.314. The molecular weight excluding hydrogens is 246 g/mol. The minimum absolute atomic E-state index is 0.810. The van der Waals surface area contributed by atoms with Crippen LogP contribution in [-0.4, -0.2) is 16.9 Å². The standard InChI is InChI=1S/C17H23N3/c1-12-5-7-15(8-6-12)10-20(4)11-16-14(3)17(18)13(2)9-19-16/h5-9H,10-11H2,1-4H3,(H2,18,19). The summed E-state index contributed by atoms with van der Waals surface area (Å²) in [4.78, 5) is 6.77. The number of rotatable bonds is 4. The highest BCUT2D eigenvalue weighted by Crippen LogP contribution is 2.19. The summed E-state index contributed by atoms with van der Waals surface area (Å²) in [5, 5.41) is 0. The molecule has 0 bridgehead atoms. The van der Waals surface area contributed by atoms with E-state index < -0.39 is 0 Å². The van der Waals surface area contributed by atoms with Gasteiger partial charge in [0.05, 0.1) is 5.69 Å². The zero-order valence-electron chi connectivity index (χ0n) is 12.8. The van der Waals surface area contributed by atoms with Crippen LogP contribution in [0, 0.1) is 20.8 Å². The van der Waals surface area contributed by atoms with E-state index >= 15 is 0 Å². The number of anilines is 1. The largest absolute Gasteiger partial charge is 0.398 e. The average molecular weight is 269 g/mol. The Bertz CT molecular complexity index is 588. The summed E-state index contributed by atoms with van der Waals surface area (Å²) in [5.74, 6) is 0. The number of nitrogens with zero attached hydrogens (tertiary/aromatic N) is 2. The molecule has 0 amide bonds. The second kappa shape index (κ2) is 6.06. The van der Waals surface area contributed by atoms with Gasteiger partial charge in [0.15, 0.2) is 0 Å². The zero-order valence-corrected chi connectivity index (χ0v) is 12.8. The number of benzene rings is 1. The summed E-state index contributed by atoms with van der Waals surface area (Å²) in [6.07, 6.45) is 1.86. The van der Waals surface area contributed by atoms with Gasteiger partial charge in [-0.25, -0.2) is 0 Å². The molecule has 0 radical (unpaired) electrons. The number of hydrogen-bond acceptors (Lipinski definition) is 3. The molecular formula is C17H23N3. The fourth-order valence-corrected chi connectivity index (χ4v) is 2.27. The SMILES string of the molecule is Cc1ccc(CN(C)Cc2ncc(C)c(N)c2C)cc1. The lowest BCUT2D eigenvalue weighted by Gasteiger charge is -2.18. The van der Waals surface area contributed by atoms with E-state index in [2.05, 4.69) is 48.1 Å². The van der Waals surface area contributed by atoms with Gasteiger partial charge in [-0.05, 0) is 44.5 Å². The smallest absolute Gasteiger partial charge is 0.0593 e. The third-order valence-electron chi connectivity index (χ3n) is 3.67. The van der Waals surface area contributed by atoms with Crippen LogP contribution >= 0.6 is 0 Å². The van der Waals surface area contributed by atoms with Crippen LogP contribution in [0.25, 0.3) is 0 Å². The van der Waals surface area contributed by atoms with Gasteiger partial charge in [-0.2, -0.15) is 0 Å². The molecule has 1 aromatic carbocycles. The molecule has 0 spiro atoms. The number of aryl methyl sites for hydroxylation is 2. The molecule has 3 heteroatoms. The van der Waals surface area contributed by atoms with Crippen LogP contribution in [0.2, 0.25) is 0 Å². The van der Waals surface area contributed by atoms with Gasteiger partial charge in [0.1, 0.15) is 0 Å². The number of nitrogens with two attached hydrogens (primary N) is 1. The molecule has 2 rings (SSSR count). The summed E-state index contributed by atoms with van der Waals surface area (Å²) in [6.45, 7) is 7.87. The minimum Gasteiger partial charge on any atom is -0.398 e. The van der Waals surface area contributed by atoms with E-state index in [1.165, 1.54) is 11.1 Å². The van der Waals surface area contributed by atoms with E-state index in [9.17, 15) is 0 Å². The molecule has 1 heterocycles. The maximum atomic E-state index is 6.07. The predicted octanol–water partition coefficient (Wildman–Crippen LogP) is 3.22. The number of aromatic nitrogens is 1. The van der Waals surface area contributed by atoms with E-state index in [0.717, 1.165) is 35.6 Å². The van der Waals surface area contributed by atoms with Gasteiger partial charge in [0.2, 0.25) is 0 Å². The number of nitrogen functional groups attached to an aromatic ring is 1. The number of pyridine rings is 1. The molecule has 3 nitrogen and oxygen atoms in total. The lowest BCUT2D eigenvalue weighted by atomic mass is 10.1. The van der Waals surface area contributed by atoms with Crippen molar-refractivity contribution in [1.29, 1.82) is 0 Å². The quantitative estimate of drug-likeness (QED) is 0.926. The van der Waals surface area contributed by atoms with E-state index in [1.54, 1.807) is 0 Å². The van der Waals surface area contributed by atoms with Gasteiger partial charge in [-0.3, -0.25) is 9.88 Å². The summed E-state index contributed by atoms with van der Waals surface area (Å²) in [6, 6.07) is 8.65. The highest BCUT2D eigenvalue weighted by molar-refractivity contribution is 5.53. The van der Waals surface area contributed by atoms with Gasteiger partial charge in [0, 0.05) is 25.0 Å². The molecule has 20 heavy (non-hydrogen) atoms. The van der Waals surface area contributed by atoms with Crippen molar-refractivity contribution in [3.8, 4) is 0 Å². The molecule has 2 N–H and O–H groups in total. The minimum atomic E-state index is 0.810. The van der Waals surface area contributed by atoms with Crippen molar-refractivity contribution in [3.05, 3.63) is 58.4 Å². The molecule has 0 fully saturated rings. The topological polar surface area (TPSA) is 42.2 Å². The summed E-state index contributed by atoms with van der Waals surface area (Å²) in [5.41, 5.74) is 12.7. The Morgan fingerprint density at radius 1 is 1.05 bits per heavy atom. The van der Waals surface area contributed by atoms with Crippen LogP contribution in [-0.2, 0) is 13.1 Å². The molecule has 0 saturated heterocycles. The fraction of sp³-hybridized carbons (Fsp3) is 0.353. The average Bonchev–Trinajstić information content (AvgIpc) is 2.42. The molecule has 0 aliphatic heterocycles. The molecule has 0 unspecified atom stereocenters. The van der Waals surface area contributed by atoms with Crippen molar-refractivity contribution in [2.24, 2.45) is 0 Å². The Labute approximate surface area is 121 Å². The van der Waals surface area contributed by atoms with Crippen molar-refractivity contribution in [2.45, 2.75) is 33.9 Å². The van der Waals surface area contributed by atoms with Gasteiger partial charge in [0.25, 0.3) is 0 Å². The monoisotopic (exact) mass is 269 g/mol. The normalized spacial score (nSPS) is 11.1. The van der Waals surface area contributed by atoms with E-state index in [0.29, 0.717) is 0 Å². The Hall–Kier alpha value is -1.87. The van der Waals surface area contributed by atoms with Crippen LogP contribution in [0.15, 0.2) is 30.5 Å². The molecule has 106 valence electrons. The summed E-state index contributed by atoms with van der Waals surface area (Å²) >= 11 is 0. The Morgan fingerprint density at radius 3 is 2.35 bits per heavy atom. The first-order chi connectivity index (χ1) is 9.47. The number of hydrogen-bond donors (Lipinski definition) is 1. The highest BCUT2D eigenvalue weighted by atomic mass is 15.1. The van der Waals surface area contributed by atoms with Crippen LogP contribution in [0.4, 0.5) is 5.69 Å². The van der Waals surface area contributed by atoms with Gasteiger partial charge in [-0.1, -0.05) is 29.8 Å². The Kier molecular flexibility index (Phi) is 4.40. The third kappa shape index (κ3) is 3.36. The van der Waals surface area contributed by atoms with E-state index in [-0.39, 0.29) is 0 Å². The molecule has 2 aromatic rings. The first kappa shape index (κ1) is 14.5. The molecule has 0 atom stereocenters. The third-order valence-corrected chi connectivity index (χ3v) is 3.67. The summed E-state index contributed by atoms with van der Waals surface area (Å²) < 4.78 is 0. The maximum Gasteiger partial charge on any atom is 0.0593 e. The highest BCUT2D eigenvalue weighted by Gasteiger charge is 2.09. The van der Waals surface area contributed by atoms with Crippen molar-refractivity contribution >= 4 is 5.69 Å². The van der Waals surface area contributed by atoms with Crippen LogP contribution < -0.4 is 5.73 Å². The Morgan fingerprint density at radius 2 is 1.70 bits per heavy atom. The van der Waals surface area contributed by atoms with Gasteiger partial charge < -0.3 is 5.73 Å². The van der Waals surface area contributed by atoms with Crippen LogP contribution in [0.1, 0.15) is 27.9 Å². The van der Waals surface area contributed by atoms with Crippen molar-refractivity contribution in [2.75, 3.05) is 12.8 Å². The molecule has 0 saturated carbocycles. The van der Waals surface area contributed by atoms with E-state index in [1.807, 2.05) is 20.0 Å². The molecule has 0 aliphatic carbocycles. The summed E-state index contributed by atoms with van der Waals surface area (Å²) in [7, 11) is 2.11. The lowest BCUT2D eigenvalue weighted by Crippen LogP contribution is -2.19. The first-order valence-corrected chi connectivity index (χ1v) is 6.92. The first-order valence-electron chi connectivity index (χ1n) is 6.92. The van der Waals surface area contributed by atoms with Crippen molar-refractivity contribution in [3.63, 3.8) is 0 Å². The second-order valence-electron chi connectivity index (χ2n) is 5.58. The second-order valence-corrected chi connectivity index (χ2v) is 5.58. The van der Waals surface area contributed by atoms with Crippen molar-refractivity contribution in [1.82, 2.24) is 9.88 Å². The van der Waals surface area contributed by atoms with Crippen LogP contribution in [0.5, 0.6) is 0 Å². The maximum absolute atomic E-state index is 6.07. The molecule has 1 aromatic heterocycles. The zero-order chi connectivity index (χ0) is 14.7. The molecule has 0 aliphatic rings.